The predicted molar refractivity (Wildman–Crippen MR) is 145 cm³/mol. The van der Waals surface area contributed by atoms with Gasteiger partial charge in [-0.05, 0) is 68.8 Å². The number of thiazole rings is 1. The number of fused-ring (bicyclic) bond motifs is 1. The number of carbonyl (C=O) groups excluding carboxylic acids is 1. The highest BCUT2D eigenvalue weighted by Crippen LogP contribution is 2.48. The van der Waals surface area contributed by atoms with Crippen LogP contribution in [0.25, 0.3) is 22.1 Å². The Bertz CT molecular complexity index is 1490. The minimum absolute atomic E-state index is 0.0109. The molecule has 1 aliphatic carbocycles. The first-order valence-electron chi connectivity index (χ1n) is 12.6. The Balaban J connectivity index is 1.16. The normalized spacial score (nSPS) is 20.3. The molecule has 0 bridgehead atoms. The van der Waals surface area contributed by atoms with Crippen LogP contribution in [0.3, 0.4) is 0 Å². The second-order valence-electron chi connectivity index (χ2n) is 10.6. The zero-order valence-corrected chi connectivity index (χ0v) is 22.2. The van der Waals surface area contributed by atoms with Crippen molar-refractivity contribution in [2.24, 2.45) is 17.6 Å². The third-order valence-corrected chi connectivity index (χ3v) is 8.39. The summed E-state index contributed by atoms with van der Waals surface area (Å²) in [4.78, 5) is 33.7. The molecule has 38 heavy (non-hydrogen) atoms. The number of halogens is 1. The molecule has 3 atom stereocenters. The van der Waals surface area contributed by atoms with Gasteiger partial charge in [0.25, 0.3) is 5.91 Å². The highest BCUT2D eigenvalue weighted by Gasteiger charge is 2.57. The summed E-state index contributed by atoms with van der Waals surface area (Å²) in [5.41, 5.74) is 9.07. The molecule has 1 saturated heterocycles. The van der Waals surface area contributed by atoms with E-state index in [0.717, 1.165) is 22.6 Å². The number of amides is 1. The van der Waals surface area contributed by atoms with Gasteiger partial charge in [-0.25, -0.2) is 24.3 Å². The summed E-state index contributed by atoms with van der Waals surface area (Å²) in [5, 5.41) is 4.24. The average molecular weight is 530 g/mol. The zero-order valence-electron chi connectivity index (χ0n) is 21.4. The second kappa shape index (κ2) is 9.21. The van der Waals surface area contributed by atoms with Crippen LogP contribution >= 0.6 is 11.3 Å². The molecule has 8 nitrogen and oxygen atoms in total. The van der Waals surface area contributed by atoms with Gasteiger partial charge in [-0.3, -0.25) is 4.79 Å². The van der Waals surface area contributed by atoms with Crippen LogP contribution in [0.2, 0.25) is 0 Å². The number of nitrogens with two attached hydrogens (primary N) is 1. The van der Waals surface area contributed by atoms with E-state index in [9.17, 15) is 9.18 Å². The van der Waals surface area contributed by atoms with Crippen molar-refractivity contribution in [2.45, 2.75) is 32.4 Å². The van der Waals surface area contributed by atoms with Gasteiger partial charge in [0.1, 0.15) is 16.5 Å². The van der Waals surface area contributed by atoms with E-state index in [1.807, 2.05) is 37.8 Å². The number of nitrogens with one attached hydrogen (secondary N) is 1. The van der Waals surface area contributed by atoms with E-state index < -0.39 is 5.54 Å². The third kappa shape index (κ3) is 4.65. The van der Waals surface area contributed by atoms with E-state index in [-0.39, 0.29) is 17.8 Å². The number of piperidine rings is 1. The van der Waals surface area contributed by atoms with Crippen molar-refractivity contribution in [3.8, 4) is 22.1 Å². The molecule has 1 amide bonds. The molecule has 3 N–H and O–H groups in total. The standard InChI is InChI=1S/C28H28FN7OS/c1-15-24(38-26(33-15)25-31-9-4-10-32-25)27(37)36-13-19-20(14-36)23(19)35-22-12-17(28(2,3)30)11-21(34-22)16-5-7-18(29)8-6-16/h4-12,19-20,23H,13-14,30H2,1-3H3,(H,34,35)/t19-,20+,23-. The average Bonchev–Trinajstić information content (AvgIpc) is 3.22. The number of likely N-dealkylation sites (tertiary alicyclic amines) is 1. The molecule has 194 valence electrons. The van der Waals surface area contributed by atoms with Gasteiger partial charge in [0.15, 0.2) is 10.8 Å². The van der Waals surface area contributed by atoms with Gasteiger partial charge < -0.3 is 16.0 Å². The first kappa shape index (κ1) is 24.6. The molecule has 4 aromatic rings. The molecular weight excluding hydrogens is 501 g/mol. The van der Waals surface area contributed by atoms with Crippen molar-refractivity contribution < 1.29 is 9.18 Å². The van der Waals surface area contributed by atoms with E-state index in [0.29, 0.717) is 46.3 Å². The van der Waals surface area contributed by atoms with Gasteiger partial charge in [0.2, 0.25) is 0 Å². The van der Waals surface area contributed by atoms with Crippen molar-refractivity contribution in [1.29, 1.82) is 0 Å². The zero-order chi connectivity index (χ0) is 26.6. The molecule has 1 aliphatic heterocycles. The van der Waals surface area contributed by atoms with Crippen molar-refractivity contribution in [3.63, 3.8) is 0 Å². The van der Waals surface area contributed by atoms with Gasteiger partial charge in [0.05, 0.1) is 11.4 Å². The molecular formula is C28H28FN7OS. The Morgan fingerprint density at radius 2 is 1.79 bits per heavy atom. The van der Waals surface area contributed by atoms with Gasteiger partial charge >= 0.3 is 0 Å². The Kier molecular flexibility index (Phi) is 5.96. The van der Waals surface area contributed by atoms with Crippen molar-refractivity contribution >= 4 is 23.1 Å². The minimum atomic E-state index is -0.562. The summed E-state index contributed by atoms with van der Waals surface area (Å²) >= 11 is 1.34. The number of aromatic nitrogens is 4. The molecule has 2 fully saturated rings. The molecule has 4 heterocycles. The van der Waals surface area contributed by atoms with E-state index in [1.54, 1.807) is 30.6 Å². The number of aryl methyl sites for hydroxylation is 1. The smallest absolute Gasteiger partial charge is 0.265 e. The highest BCUT2D eigenvalue weighted by molar-refractivity contribution is 7.17. The highest BCUT2D eigenvalue weighted by atomic mass is 32.1. The van der Waals surface area contributed by atoms with Gasteiger partial charge in [-0.15, -0.1) is 11.3 Å². The number of benzene rings is 1. The van der Waals surface area contributed by atoms with Crippen LogP contribution in [0, 0.1) is 24.6 Å². The van der Waals surface area contributed by atoms with E-state index in [2.05, 4.69) is 20.3 Å². The summed E-state index contributed by atoms with van der Waals surface area (Å²) in [5.74, 6) is 1.71. The maximum absolute atomic E-state index is 13.5. The number of pyridine rings is 1. The summed E-state index contributed by atoms with van der Waals surface area (Å²) < 4.78 is 13.5. The van der Waals surface area contributed by atoms with Gasteiger partial charge in [0, 0.05) is 54.5 Å². The largest absolute Gasteiger partial charge is 0.367 e. The monoisotopic (exact) mass is 529 g/mol. The van der Waals surface area contributed by atoms with Gasteiger partial charge in [-0.1, -0.05) is 0 Å². The number of anilines is 1. The van der Waals surface area contributed by atoms with Crippen molar-refractivity contribution in [2.75, 3.05) is 18.4 Å². The number of hydrogen-bond acceptors (Lipinski definition) is 8. The maximum Gasteiger partial charge on any atom is 0.265 e. The van der Waals surface area contributed by atoms with Crippen molar-refractivity contribution in [1.82, 2.24) is 24.8 Å². The lowest BCUT2D eigenvalue weighted by Gasteiger charge is -2.23. The van der Waals surface area contributed by atoms with Crippen molar-refractivity contribution in [3.05, 3.63) is 76.8 Å². The fourth-order valence-electron chi connectivity index (χ4n) is 5.07. The molecule has 1 aromatic carbocycles. The first-order valence-corrected chi connectivity index (χ1v) is 13.4. The van der Waals surface area contributed by atoms with Crippen LogP contribution in [-0.4, -0.2) is 49.9 Å². The van der Waals surface area contributed by atoms with Crippen LogP contribution in [0.1, 0.15) is 34.8 Å². The Labute approximate surface area is 224 Å². The molecule has 1 saturated carbocycles. The Morgan fingerprint density at radius 1 is 1.11 bits per heavy atom. The molecule has 10 heteroatoms. The maximum atomic E-state index is 13.5. The number of nitrogens with zero attached hydrogens (tertiary/aromatic N) is 5. The fourth-order valence-corrected chi connectivity index (χ4v) is 6.05. The minimum Gasteiger partial charge on any atom is -0.367 e. The van der Waals surface area contributed by atoms with E-state index >= 15 is 0 Å². The number of carbonyl (C=O) groups is 1. The van der Waals surface area contributed by atoms with Crippen LogP contribution in [0.4, 0.5) is 10.2 Å². The topological polar surface area (TPSA) is 110 Å². The van der Waals surface area contributed by atoms with Crippen LogP contribution in [-0.2, 0) is 5.54 Å². The van der Waals surface area contributed by atoms with E-state index in [4.69, 9.17) is 10.7 Å². The summed E-state index contributed by atoms with van der Waals surface area (Å²) in [6.45, 7) is 7.12. The quantitative estimate of drug-likeness (QED) is 0.379. The fraction of sp³-hybridized carbons (Fsp3) is 0.321. The first-order chi connectivity index (χ1) is 18.2. The van der Waals surface area contributed by atoms with Gasteiger partial charge in [-0.2, -0.15) is 0 Å². The number of hydrogen-bond donors (Lipinski definition) is 2. The van der Waals surface area contributed by atoms with Crippen LogP contribution in [0.15, 0.2) is 54.9 Å². The molecule has 0 radical (unpaired) electrons. The molecule has 3 aromatic heterocycles. The summed E-state index contributed by atoms with van der Waals surface area (Å²) in [6.07, 6.45) is 3.34. The summed E-state index contributed by atoms with van der Waals surface area (Å²) in [6, 6.07) is 12.2. The second-order valence-corrected chi connectivity index (χ2v) is 11.6. The Morgan fingerprint density at radius 3 is 2.45 bits per heavy atom. The lowest BCUT2D eigenvalue weighted by Crippen LogP contribution is -2.33. The predicted octanol–water partition coefficient (Wildman–Crippen LogP) is 4.49. The molecule has 2 aliphatic rings. The summed E-state index contributed by atoms with van der Waals surface area (Å²) in [7, 11) is 0. The SMILES string of the molecule is Cc1nc(-c2ncccn2)sc1C(=O)N1C[C@@H]2[C@H](C1)[C@@H]2Nc1cc(C(C)(C)N)cc(-c2ccc(F)cc2)n1. The van der Waals surface area contributed by atoms with Crippen LogP contribution in [0.5, 0.6) is 0 Å². The lowest BCUT2D eigenvalue weighted by atomic mass is 9.94. The molecule has 0 spiro atoms. The lowest BCUT2D eigenvalue weighted by molar-refractivity contribution is 0.0778. The molecule has 0 unspecified atom stereocenters. The Hall–Kier alpha value is -3.76. The molecule has 6 rings (SSSR count). The third-order valence-electron chi connectivity index (χ3n) is 7.25. The van der Waals surface area contributed by atoms with E-state index in [1.165, 1.54) is 23.5 Å². The number of rotatable bonds is 6. The van der Waals surface area contributed by atoms with Crippen LogP contribution < -0.4 is 11.1 Å².